The van der Waals surface area contributed by atoms with Gasteiger partial charge >= 0.3 is 0 Å². The zero-order chi connectivity index (χ0) is 21.9. The summed E-state index contributed by atoms with van der Waals surface area (Å²) < 4.78 is 35.4. The van der Waals surface area contributed by atoms with Gasteiger partial charge in [-0.05, 0) is 20.3 Å². The van der Waals surface area contributed by atoms with Crippen LogP contribution in [0.4, 0.5) is 14.6 Å². The van der Waals surface area contributed by atoms with Crippen molar-refractivity contribution in [2.75, 3.05) is 5.32 Å². The molecule has 3 aromatic heterocycles. The third-order valence-electron chi connectivity index (χ3n) is 5.00. The summed E-state index contributed by atoms with van der Waals surface area (Å²) in [6.07, 6.45) is 5.05. The number of halogens is 3. The monoisotopic (exact) mass is 446 g/mol. The van der Waals surface area contributed by atoms with E-state index in [0.29, 0.717) is 27.8 Å². The fourth-order valence-electron chi connectivity index (χ4n) is 3.43. The lowest BCUT2D eigenvalue weighted by Gasteiger charge is -2.15. The molecule has 31 heavy (non-hydrogen) atoms. The highest BCUT2D eigenvalue weighted by Gasteiger charge is 2.43. The van der Waals surface area contributed by atoms with Gasteiger partial charge in [0.25, 0.3) is 0 Å². The Morgan fingerprint density at radius 3 is 2.87 bits per heavy atom. The molecule has 1 saturated carbocycles. The molecule has 1 fully saturated rings. The highest BCUT2D eigenvalue weighted by Crippen LogP contribution is 2.42. The number of alkyl halides is 1. The first-order valence-corrected chi connectivity index (χ1v) is 10.0. The van der Waals surface area contributed by atoms with E-state index in [-0.39, 0.29) is 29.1 Å². The number of benzene rings is 1. The van der Waals surface area contributed by atoms with E-state index in [1.165, 1.54) is 12.4 Å². The van der Waals surface area contributed by atoms with Crippen LogP contribution in [-0.4, -0.2) is 42.7 Å². The highest BCUT2D eigenvalue weighted by atomic mass is 35.5. The van der Waals surface area contributed by atoms with Gasteiger partial charge in [0.1, 0.15) is 11.7 Å². The number of nitrogens with one attached hydrogen (secondary N) is 2. The molecular weight excluding hydrogens is 430 g/mol. The van der Waals surface area contributed by atoms with Crippen molar-refractivity contribution in [2.45, 2.75) is 32.5 Å². The van der Waals surface area contributed by atoms with Crippen LogP contribution in [0.5, 0.6) is 5.75 Å². The summed E-state index contributed by atoms with van der Waals surface area (Å²) >= 11 is 6.38. The van der Waals surface area contributed by atoms with Crippen molar-refractivity contribution in [3.8, 4) is 17.0 Å². The fraction of sp³-hybridized carbons (Fsp3) is 0.300. The minimum Gasteiger partial charge on any atom is -0.486 e. The Morgan fingerprint density at radius 2 is 2.16 bits per heavy atom. The number of carbonyl (C=O) groups is 1. The van der Waals surface area contributed by atoms with Crippen LogP contribution in [0.3, 0.4) is 0 Å². The lowest BCUT2D eigenvalue weighted by molar-refractivity contribution is -0.117. The van der Waals surface area contributed by atoms with Crippen LogP contribution in [-0.2, 0) is 4.79 Å². The molecule has 1 aromatic carbocycles. The van der Waals surface area contributed by atoms with Gasteiger partial charge in [0.2, 0.25) is 5.91 Å². The first-order chi connectivity index (χ1) is 14.8. The molecule has 4 aromatic rings. The maximum atomic E-state index is 15.1. The highest BCUT2D eigenvalue weighted by molar-refractivity contribution is 6.35. The molecule has 0 saturated heterocycles. The van der Waals surface area contributed by atoms with Crippen molar-refractivity contribution >= 4 is 39.9 Å². The van der Waals surface area contributed by atoms with Crippen molar-refractivity contribution in [1.82, 2.24) is 24.6 Å². The molecule has 0 radical (unpaired) electrons. The molecule has 5 rings (SSSR count). The number of carbonyl (C=O) groups excluding carboxylic acids is 1. The average molecular weight is 447 g/mol. The molecule has 11 heteroatoms. The largest absolute Gasteiger partial charge is 0.486 e. The van der Waals surface area contributed by atoms with E-state index in [9.17, 15) is 9.18 Å². The van der Waals surface area contributed by atoms with E-state index in [2.05, 4.69) is 25.5 Å². The number of ether oxygens (including phenoxy) is 1. The number of hydrogen-bond acceptors (Lipinski definition) is 5. The standard InChI is InChI=1S/C20H17ClF2N6O2/c1-8(2)31-19-17(23)16(21)15(10-4-25-28-18(10)19)12-6-29-7-13(26-14(29)5-24-12)27-20(30)9-3-11(9)22/h4-9,11H,3H2,1-2H3,(H,25,28)(H,27,30). The number of imidazole rings is 1. The number of aromatic amines is 1. The Bertz CT molecular complexity index is 1330. The number of rotatable bonds is 5. The van der Waals surface area contributed by atoms with E-state index in [0.717, 1.165) is 0 Å². The van der Waals surface area contributed by atoms with E-state index in [1.54, 1.807) is 30.6 Å². The summed E-state index contributed by atoms with van der Waals surface area (Å²) in [5, 5.41) is 9.77. The van der Waals surface area contributed by atoms with E-state index >= 15 is 4.39 Å². The van der Waals surface area contributed by atoms with Gasteiger partial charge in [0.15, 0.2) is 23.0 Å². The number of fused-ring (bicyclic) bond motifs is 2. The van der Waals surface area contributed by atoms with E-state index in [1.807, 2.05) is 0 Å². The summed E-state index contributed by atoms with van der Waals surface area (Å²) in [5.41, 5.74) is 1.54. The van der Waals surface area contributed by atoms with Crippen LogP contribution < -0.4 is 10.1 Å². The van der Waals surface area contributed by atoms with Crippen LogP contribution in [0, 0.1) is 11.7 Å². The number of aromatic nitrogens is 5. The van der Waals surface area contributed by atoms with Crippen molar-refractivity contribution < 1.29 is 18.3 Å². The van der Waals surface area contributed by atoms with Gasteiger partial charge in [-0.1, -0.05) is 11.6 Å². The van der Waals surface area contributed by atoms with Gasteiger partial charge in [-0.2, -0.15) is 5.10 Å². The maximum absolute atomic E-state index is 15.1. The van der Waals surface area contributed by atoms with Crippen molar-refractivity contribution in [1.29, 1.82) is 0 Å². The predicted octanol–water partition coefficient (Wildman–Crippen LogP) is 4.15. The quantitative estimate of drug-likeness (QED) is 0.480. The third-order valence-corrected chi connectivity index (χ3v) is 5.35. The Labute approximate surface area is 179 Å². The van der Waals surface area contributed by atoms with E-state index in [4.69, 9.17) is 16.3 Å². The minimum atomic E-state index is -1.10. The number of H-pyrrole nitrogens is 1. The molecule has 1 aliphatic carbocycles. The van der Waals surface area contributed by atoms with Crippen LogP contribution in [0.15, 0.2) is 24.8 Å². The van der Waals surface area contributed by atoms with Gasteiger partial charge < -0.3 is 14.5 Å². The van der Waals surface area contributed by atoms with Crippen LogP contribution >= 0.6 is 11.6 Å². The fourth-order valence-corrected chi connectivity index (χ4v) is 3.71. The van der Waals surface area contributed by atoms with E-state index < -0.39 is 23.8 Å². The van der Waals surface area contributed by atoms with Crippen molar-refractivity contribution in [3.05, 3.63) is 35.6 Å². The number of amides is 1. The molecule has 2 N–H and O–H groups in total. The molecule has 0 bridgehead atoms. The molecule has 2 unspecified atom stereocenters. The third kappa shape index (κ3) is 3.36. The topological polar surface area (TPSA) is 97.2 Å². The number of anilines is 1. The van der Waals surface area contributed by atoms with Crippen LogP contribution in [0.2, 0.25) is 5.02 Å². The first kappa shape index (κ1) is 19.7. The van der Waals surface area contributed by atoms with Gasteiger partial charge in [0, 0.05) is 17.1 Å². The molecule has 1 aliphatic rings. The van der Waals surface area contributed by atoms with Crippen LogP contribution in [0.1, 0.15) is 20.3 Å². The Balaban J connectivity index is 1.57. The summed E-state index contributed by atoms with van der Waals surface area (Å²) in [5.74, 6) is -1.48. The number of hydrogen-bond donors (Lipinski definition) is 2. The van der Waals surface area contributed by atoms with Gasteiger partial charge in [-0.3, -0.25) is 14.9 Å². The van der Waals surface area contributed by atoms with Gasteiger partial charge in [-0.15, -0.1) is 0 Å². The molecule has 1 amide bonds. The zero-order valence-corrected chi connectivity index (χ0v) is 17.2. The Kier molecular flexibility index (Phi) is 4.54. The zero-order valence-electron chi connectivity index (χ0n) is 16.5. The summed E-state index contributed by atoms with van der Waals surface area (Å²) in [6, 6.07) is 0. The maximum Gasteiger partial charge on any atom is 0.231 e. The molecule has 8 nitrogen and oxygen atoms in total. The lowest BCUT2D eigenvalue weighted by Crippen LogP contribution is -2.15. The molecular formula is C20H17ClF2N6O2. The molecule has 2 atom stereocenters. The predicted molar refractivity (Wildman–Crippen MR) is 110 cm³/mol. The summed E-state index contributed by atoms with van der Waals surface area (Å²) in [7, 11) is 0. The second kappa shape index (κ2) is 7.16. The molecule has 160 valence electrons. The summed E-state index contributed by atoms with van der Waals surface area (Å²) in [6.45, 7) is 3.57. The minimum absolute atomic E-state index is 0.00352. The van der Waals surface area contributed by atoms with Crippen molar-refractivity contribution in [3.63, 3.8) is 0 Å². The second-order valence-electron chi connectivity index (χ2n) is 7.67. The molecule has 3 heterocycles. The molecule has 0 aliphatic heterocycles. The SMILES string of the molecule is CC(C)Oc1c(F)c(Cl)c(-c2cn3cc(NC(=O)C4CC4F)nc3cn2)c2cn[nH]c12. The number of nitrogens with zero attached hydrogens (tertiary/aromatic N) is 4. The Morgan fingerprint density at radius 1 is 1.39 bits per heavy atom. The lowest BCUT2D eigenvalue weighted by atomic mass is 10.1. The molecule has 0 spiro atoms. The second-order valence-corrected chi connectivity index (χ2v) is 8.05. The van der Waals surface area contributed by atoms with Crippen molar-refractivity contribution in [2.24, 2.45) is 5.92 Å². The normalized spacial score (nSPS) is 18.1. The smallest absolute Gasteiger partial charge is 0.231 e. The first-order valence-electron chi connectivity index (χ1n) is 9.64. The Hall–Kier alpha value is -3.27. The van der Waals surface area contributed by atoms with Gasteiger partial charge in [0.05, 0.1) is 41.3 Å². The average Bonchev–Trinajstić information content (AvgIpc) is 3.11. The van der Waals surface area contributed by atoms with Gasteiger partial charge in [-0.25, -0.2) is 13.8 Å². The van der Waals surface area contributed by atoms with Crippen LogP contribution in [0.25, 0.3) is 27.8 Å². The summed E-state index contributed by atoms with van der Waals surface area (Å²) in [4.78, 5) is 20.6.